The number of pyridine rings is 1. The number of anilines is 1. The van der Waals surface area contributed by atoms with E-state index in [2.05, 4.69) is 15.3 Å². The maximum absolute atomic E-state index is 11.1. The van der Waals surface area contributed by atoms with Gasteiger partial charge < -0.3 is 5.32 Å². The van der Waals surface area contributed by atoms with Crippen LogP contribution in [0.25, 0.3) is 10.8 Å². The largest absolute Gasteiger partial charge is 0.379 e. The summed E-state index contributed by atoms with van der Waals surface area (Å²) in [6, 6.07) is 4.88. The molecule has 106 valence electrons. The van der Waals surface area contributed by atoms with Crippen LogP contribution < -0.4 is 5.32 Å². The second kappa shape index (κ2) is 5.45. The Hall–Kier alpha value is -2.54. The van der Waals surface area contributed by atoms with Gasteiger partial charge in [-0.15, -0.1) is 11.3 Å². The van der Waals surface area contributed by atoms with E-state index in [4.69, 9.17) is 0 Å². The molecule has 0 spiro atoms. The number of fused-ring (bicyclic) bond motifs is 1. The van der Waals surface area contributed by atoms with Gasteiger partial charge in [0.15, 0.2) is 0 Å². The molecule has 0 saturated carbocycles. The molecule has 0 aliphatic heterocycles. The van der Waals surface area contributed by atoms with Gasteiger partial charge in [0, 0.05) is 34.9 Å². The second-order valence-corrected chi connectivity index (χ2v) is 5.58. The first-order valence-electron chi connectivity index (χ1n) is 6.31. The van der Waals surface area contributed by atoms with E-state index in [-0.39, 0.29) is 10.6 Å². The molecule has 0 radical (unpaired) electrons. The van der Waals surface area contributed by atoms with Crippen LogP contribution in [0.1, 0.15) is 10.7 Å². The lowest BCUT2D eigenvalue weighted by atomic mass is 10.1. The first-order valence-corrected chi connectivity index (χ1v) is 7.19. The number of rotatable bonds is 4. The predicted molar refractivity (Wildman–Crippen MR) is 82.6 cm³/mol. The van der Waals surface area contributed by atoms with Crippen molar-refractivity contribution in [1.29, 1.82) is 0 Å². The third kappa shape index (κ3) is 2.68. The Labute approximate surface area is 124 Å². The van der Waals surface area contributed by atoms with Gasteiger partial charge in [0.2, 0.25) is 0 Å². The third-order valence-corrected chi connectivity index (χ3v) is 3.94. The van der Waals surface area contributed by atoms with Crippen molar-refractivity contribution < 1.29 is 4.92 Å². The fraction of sp³-hybridized carbons (Fsp3) is 0.143. The molecule has 0 aliphatic carbocycles. The number of aromatic nitrogens is 2. The zero-order valence-corrected chi connectivity index (χ0v) is 12.1. The Balaban J connectivity index is 1.96. The average molecular weight is 300 g/mol. The van der Waals surface area contributed by atoms with E-state index in [9.17, 15) is 10.1 Å². The van der Waals surface area contributed by atoms with Crippen molar-refractivity contribution in [3.8, 4) is 0 Å². The van der Waals surface area contributed by atoms with Crippen molar-refractivity contribution in [2.24, 2.45) is 0 Å². The van der Waals surface area contributed by atoms with Crippen LogP contribution >= 0.6 is 11.3 Å². The van der Waals surface area contributed by atoms with Crippen LogP contribution in [-0.2, 0) is 6.54 Å². The fourth-order valence-electron chi connectivity index (χ4n) is 2.16. The third-order valence-electron chi connectivity index (χ3n) is 3.12. The summed E-state index contributed by atoms with van der Waals surface area (Å²) >= 11 is 1.60. The minimum atomic E-state index is -0.379. The van der Waals surface area contributed by atoms with Crippen molar-refractivity contribution >= 4 is 33.5 Å². The number of hydrogen-bond acceptors (Lipinski definition) is 6. The number of thiazole rings is 1. The molecule has 3 rings (SSSR count). The van der Waals surface area contributed by atoms with Crippen LogP contribution in [-0.4, -0.2) is 14.9 Å². The molecule has 6 nitrogen and oxygen atoms in total. The lowest BCUT2D eigenvalue weighted by Gasteiger charge is -2.08. The zero-order valence-electron chi connectivity index (χ0n) is 11.2. The van der Waals surface area contributed by atoms with Crippen LogP contribution in [0, 0.1) is 17.0 Å². The number of hydrogen-bond donors (Lipinski definition) is 1. The quantitative estimate of drug-likeness (QED) is 0.589. The van der Waals surface area contributed by atoms with E-state index in [0.717, 1.165) is 21.8 Å². The highest BCUT2D eigenvalue weighted by Crippen LogP contribution is 2.30. The maximum Gasteiger partial charge on any atom is 0.277 e. The lowest BCUT2D eigenvalue weighted by Crippen LogP contribution is -2.01. The van der Waals surface area contributed by atoms with Crippen molar-refractivity contribution in [3.05, 3.63) is 56.8 Å². The number of benzene rings is 1. The summed E-state index contributed by atoms with van der Waals surface area (Å²) in [4.78, 5) is 19.1. The maximum atomic E-state index is 11.1. The van der Waals surface area contributed by atoms with E-state index in [1.165, 1.54) is 6.07 Å². The van der Waals surface area contributed by atoms with Crippen molar-refractivity contribution in [3.63, 3.8) is 0 Å². The van der Waals surface area contributed by atoms with Crippen LogP contribution in [0.2, 0.25) is 0 Å². The highest BCUT2D eigenvalue weighted by molar-refractivity contribution is 7.09. The summed E-state index contributed by atoms with van der Waals surface area (Å²) < 4.78 is 0. The SMILES string of the molecule is Cc1nc(CNc2ccc([N+](=O)[O-])c3ccncc23)cs1. The summed E-state index contributed by atoms with van der Waals surface area (Å²) in [6.45, 7) is 2.53. The average Bonchev–Trinajstić information content (AvgIpc) is 2.90. The van der Waals surface area contributed by atoms with Gasteiger partial charge in [-0.3, -0.25) is 15.1 Å². The first-order chi connectivity index (χ1) is 10.1. The highest BCUT2D eigenvalue weighted by atomic mass is 32.1. The Bertz CT molecular complexity index is 816. The summed E-state index contributed by atoms with van der Waals surface area (Å²) in [7, 11) is 0. The smallest absolute Gasteiger partial charge is 0.277 e. The topological polar surface area (TPSA) is 81.0 Å². The number of nitro groups is 1. The molecule has 1 N–H and O–H groups in total. The Morgan fingerprint density at radius 1 is 1.33 bits per heavy atom. The molecule has 0 atom stereocenters. The minimum Gasteiger partial charge on any atom is -0.379 e. The Morgan fingerprint density at radius 3 is 2.90 bits per heavy atom. The molecular formula is C14H12N4O2S. The van der Waals surface area contributed by atoms with E-state index >= 15 is 0 Å². The fourth-order valence-corrected chi connectivity index (χ4v) is 2.78. The van der Waals surface area contributed by atoms with Crippen LogP contribution in [0.5, 0.6) is 0 Å². The van der Waals surface area contributed by atoms with Gasteiger partial charge >= 0.3 is 0 Å². The molecule has 2 aromatic heterocycles. The van der Waals surface area contributed by atoms with Crippen molar-refractivity contribution in [1.82, 2.24) is 9.97 Å². The number of nitro benzene ring substituents is 1. The molecule has 0 unspecified atom stereocenters. The second-order valence-electron chi connectivity index (χ2n) is 4.52. The van der Waals surface area contributed by atoms with E-state index in [1.807, 2.05) is 12.3 Å². The molecule has 7 heteroatoms. The number of nitrogens with one attached hydrogen (secondary N) is 1. The predicted octanol–water partition coefficient (Wildman–Crippen LogP) is 3.52. The monoisotopic (exact) mass is 300 g/mol. The van der Waals surface area contributed by atoms with Crippen LogP contribution in [0.15, 0.2) is 36.0 Å². The molecule has 0 saturated heterocycles. The van der Waals surface area contributed by atoms with Gasteiger partial charge in [-0.05, 0) is 19.1 Å². The van der Waals surface area contributed by atoms with Gasteiger partial charge in [0.05, 0.1) is 27.6 Å². The molecular weight excluding hydrogens is 288 g/mol. The van der Waals surface area contributed by atoms with Crippen LogP contribution in [0.4, 0.5) is 11.4 Å². The molecule has 0 amide bonds. The lowest BCUT2D eigenvalue weighted by molar-refractivity contribution is -0.383. The summed E-state index contributed by atoms with van der Waals surface area (Å²) in [5.74, 6) is 0. The number of non-ortho nitro benzene ring substituents is 1. The van der Waals surface area contributed by atoms with E-state index in [0.29, 0.717) is 11.9 Å². The minimum absolute atomic E-state index is 0.0856. The zero-order chi connectivity index (χ0) is 14.8. The molecule has 2 heterocycles. The standard InChI is InChI=1S/C14H12N4O2S/c1-9-17-10(8-21-9)6-16-13-2-3-14(18(19)20)11-4-5-15-7-12(11)13/h2-5,7-8,16H,6H2,1H3. The van der Waals surface area contributed by atoms with Gasteiger partial charge in [-0.1, -0.05) is 0 Å². The summed E-state index contributed by atoms with van der Waals surface area (Å²) in [6.07, 6.45) is 3.19. The van der Waals surface area contributed by atoms with Gasteiger partial charge in [0.1, 0.15) is 0 Å². The summed E-state index contributed by atoms with van der Waals surface area (Å²) in [5.41, 5.74) is 1.85. The van der Waals surface area contributed by atoms with Crippen molar-refractivity contribution in [2.45, 2.75) is 13.5 Å². The van der Waals surface area contributed by atoms with E-state index in [1.54, 1.807) is 35.9 Å². The number of aryl methyl sites for hydroxylation is 1. The molecule has 0 aliphatic rings. The first kappa shape index (κ1) is 13.4. The van der Waals surface area contributed by atoms with Gasteiger partial charge in [0.25, 0.3) is 5.69 Å². The summed E-state index contributed by atoms with van der Waals surface area (Å²) in [5, 5.41) is 18.7. The molecule has 0 fully saturated rings. The van der Waals surface area contributed by atoms with Gasteiger partial charge in [-0.2, -0.15) is 0 Å². The molecule has 1 aromatic carbocycles. The molecule has 0 bridgehead atoms. The number of nitrogens with zero attached hydrogens (tertiary/aromatic N) is 3. The Morgan fingerprint density at radius 2 is 2.19 bits per heavy atom. The normalized spacial score (nSPS) is 10.7. The van der Waals surface area contributed by atoms with E-state index < -0.39 is 0 Å². The Kier molecular flexibility index (Phi) is 3.49. The molecule has 3 aromatic rings. The van der Waals surface area contributed by atoms with Crippen LogP contribution in [0.3, 0.4) is 0 Å². The van der Waals surface area contributed by atoms with Crippen molar-refractivity contribution in [2.75, 3.05) is 5.32 Å². The van der Waals surface area contributed by atoms with Gasteiger partial charge in [-0.25, -0.2) is 4.98 Å². The molecule has 21 heavy (non-hydrogen) atoms. The highest BCUT2D eigenvalue weighted by Gasteiger charge is 2.14.